The molecule has 8 heteroatoms. The molecule has 1 aromatic rings. The zero-order valence-electron chi connectivity index (χ0n) is 14.5. The van der Waals surface area contributed by atoms with Gasteiger partial charge in [0.1, 0.15) is 0 Å². The van der Waals surface area contributed by atoms with Crippen molar-refractivity contribution in [3.63, 3.8) is 0 Å². The van der Waals surface area contributed by atoms with Gasteiger partial charge in [-0.05, 0) is 31.7 Å². The number of sulfonamides is 1. The first-order valence-corrected chi connectivity index (χ1v) is 10.3. The van der Waals surface area contributed by atoms with Crippen molar-refractivity contribution in [1.82, 2.24) is 14.6 Å². The smallest absolute Gasteiger partial charge is 0.255 e. The molecule has 1 amide bonds. The number of rotatable bonds is 5. The molecule has 25 heavy (non-hydrogen) atoms. The lowest BCUT2D eigenvalue weighted by molar-refractivity contribution is 0.0726. The Labute approximate surface area is 148 Å². The van der Waals surface area contributed by atoms with Gasteiger partial charge in [-0.25, -0.2) is 18.1 Å². The molecule has 3 rings (SSSR count). The van der Waals surface area contributed by atoms with Crippen molar-refractivity contribution in [1.29, 1.82) is 0 Å². The highest BCUT2D eigenvalue weighted by Crippen LogP contribution is 2.23. The first-order valence-electron chi connectivity index (χ1n) is 8.80. The van der Waals surface area contributed by atoms with Crippen molar-refractivity contribution >= 4 is 15.9 Å². The summed E-state index contributed by atoms with van der Waals surface area (Å²) in [6.45, 7) is 0.799. The first-order chi connectivity index (χ1) is 12.0. The van der Waals surface area contributed by atoms with E-state index in [0.717, 1.165) is 25.7 Å². The van der Waals surface area contributed by atoms with Crippen LogP contribution in [0.4, 0.5) is 0 Å². The second-order valence-corrected chi connectivity index (χ2v) is 8.74. The van der Waals surface area contributed by atoms with Crippen LogP contribution in [0, 0.1) is 0 Å². The Hall–Kier alpha value is -1.67. The molecule has 1 aromatic heterocycles. The SMILES string of the molecule is COc1ccc(C(=O)N2CCCC(S(=O)(=O)NC3CCCC3)C2)cn1. The molecule has 1 atom stereocenters. The Kier molecular flexibility index (Phi) is 5.58. The van der Waals surface area contributed by atoms with Gasteiger partial charge in [0.05, 0.1) is 17.9 Å². The second kappa shape index (κ2) is 7.70. The second-order valence-electron chi connectivity index (χ2n) is 6.75. The molecule has 7 nitrogen and oxygen atoms in total. The van der Waals surface area contributed by atoms with Crippen LogP contribution in [0.15, 0.2) is 18.3 Å². The van der Waals surface area contributed by atoms with E-state index in [9.17, 15) is 13.2 Å². The highest BCUT2D eigenvalue weighted by atomic mass is 32.2. The lowest BCUT2D eigenvalue weighted by Gasteiger charge is -2.33. The minimum Gasteiger partial charge on any atom is -0.481 e. The van der Waals surface area contributed by atoms with E-state index in [2.05, 4.69) is 9.71 Å². The number of amides is 1. The monoisotopic (exact) mass is 367 g/mol. The number of aromatic nitrogens is 1. The molecule has 2 heterocycles. The maximum atomic E-state index is 12.7. The molecule has 2 fully saturated rings. The Bertz CT molecular complexity index is 699. The molecule has 0 bridgehead atoms. The van der Waals surface area contributed by atoms with Gasteiger partial charge in [0, 0.05) is 31.4 Å². The number of carbonyl (C=O) groups is 1. The molecular weight excluding hydrogens is 342 g/mol. The lowest BCUT2D eigenvalue weighted by atomic mass is 10.1. The zero-order valence-corrected chi connectivity index (χ0v) is 15.3. The van der Waals surface area contributed by atoms with E-state index in [0.29, 0.717) is 30.8 Å². The zero-order chi connectivity index (χ0) is 17.9. The molecule has 1 aliphatic carbocycles. The molecule has 1 aliphatic heterocycles. The van der Waals surface area contributed by atoms with E-state index in [1.807, 2.05) is 0 Å². The van der Waals surface area contributed by atoms with E-state index in [-0.39, 0.29) is 18.5 Å². The summed E-state index contributed by atoms with van der Waals surface area (Å²) < 4.78 is 33.1. The van der Waals surface area contributed by atoms with Gasteiger partial charge in [0.2, 0.25) is 15.9 Å². The van der Waals surface area contributed by atoms with Crippen molar-refractivity contribution in [2.24, 2.45) is 0 Å². The number of carbonyl (C=O) groups excluding carboxylic acids is 1. The maximum absolute atomic E-state index is 12.7. The predicted octanol–water partition coefficient (Wildman–Crippen LogP) is 1.56. The van der Waals surface area contributed by atoms with Crippen LogP contribution < -0.4 is 9.46 Å². The number of nitrogens with zero attached hydrogens (tertiary/aromatic N) is 2. The summed E-state index contributed by atoms with van der Waals surface area (Å²) in [4.78, 5) is 18.3. The van der Waals surface area contributed by atoms with Crippen LogP contribution in [0.25, 0.3) is 0 Å². The van der Waals surface area contributed by atoms with Crippen molar-refractivity contribution < 1.29 is 17.9 Å². The number of piperidine rings is 1. The molecule has 1 unspecified atom stereocenters. The highest BCUT2D eigenvalue weighted by molar-refractivity contribution is 7.90. The third-order valence-corrected chi connectivity index (χ3v) is 6.91. The van der Waals surface area contributed by atoms with Crippen molar-refractivity contribution in [3.8, 4) is 5.88 Å². The minimum atomic E-state index is -3.41. The van der Waals surface area contributed by atoms with Gasteiger partial charge in [-0.2, -0.15) is 0 Å². The topological polar surface area (TPSA) is 88.6 Å². The number of hydrogen-bond donors (Lipinski definition) is 1. The van der Waals surface area contributed by atoms with E-state index in [1.165, 1.54) is 13.3 Å². The standard InChI is InChI=1S/C17H25N3O4S/c1-24-16-9-8-13(11-18-16)17(21)20-10-4-7-15(12-20)25(22,23)19-14-5-2-3-6-14/h8-9,11,14-15,19H,2-7,10,12H2,1H3. The Morgan fingerprint density at radius 2 is 2.00 bits per heavy atom. The van der Waals surface area contributed by atoms with Crippen molar-refractivity contribution in [3.05, 3.63) is 23.9 Å². The average molecular weight is 367 g/mol. The van der Waals surface area contributed by atoms with Gasteiger partial charge < -0.3 is 9.64 Å². The largest absolute Gasteiger partial charge is 0.481 e. The minimum absolute atomic E-state index is 0.0573. The number of methoxy groups -OCH3 is 1. The van der Waals surface area contributed by atoms with Crippen LogP contribution in [-0.2, 0) is 10.0 Å². The maximum Gasteiger partial charge on any atom is 0.255 e. The van der Waals surface area contributed by atoms with Crippen LogP contribution in [0.2, 0.25) is 0 Å². The molecule has 0 spiro atoms. The summed E-state index contributed by atoms with van der Waals surface area (Å²) in [5.41, 5.74) is 0.447. The quantitative estimate of drug-likeness (QED) is 0.853. The highest BCUT2D eigenvalue weighted by Gasteiger charge is 2.34. The fourth-order valence-electron chi connectivity index (χ4n) is 3.56. The third-order valence-electron chi connectivity index (χ3n) is 4.98. The van der Waals surface area contributed by atoms with E-state index in [1.54, 1.807) is 17.0 Å². The number of hydrogen-bond acceptors (Lipinski definition) is 5. The Morgan fingerprint density at radius 1 is 1.24 bits per heavy atom. The average Bonchev–Trinajstić information content (AvgIpc) is 3.13. The van der Waals surface area contributed by atoms with Crippen molar-refractivity contribution in [2.75, 3.05) is 20.2 Å². The van der Waals surface area contributed by atoms with E-state index < -0.39 is 15.3 Å². The normalized spacial score (nSPS) is 22.1. The van der Waals surface area contributed by atoms with Gasteiger partial charge in [-0.3, -0.25) is 4.79 Å². The van der Waals surface area contributed by atoms with Crippen LogP contribution in [0.5, 0.6) is 5.88 Å². The third kappa shape index (κ3) is 4.30. The summed E-state index contributed by atoms with van der Waals surface area (Å²) in [5, 5.41) is -0.544. The molecule has 138 valence electrons. The van der Waals surface area contributed by atoms with Crippen LogP contribution in [0.3, 0.4) is 0 Å². The predicted molar refractivity (Wildman–Crippen MR) is 94.0 cm³/mol. The summed E-state index contributed by atoms with van der Waals surface area (Å²) in [6.07, 6.45) is 6.71. The number of ether oxygens (including phenoxy) is 1. The molecule has 0 aromatic carbocycles. The fraction of sp³-hybridized carbons (Fsp3) is 0.647. The molecule has 1 saturated heterocycles. The van der Waals surface area contributed by atoms with Gasteiger partial charge in [0.15, 0.2) is 0 Å². The van der Waals surface area contributed by atoms with E-state index in [4.69, 9.17) is 4.74 Å². The van der Waals surface area contributed by atoms with Crippen LogP contribution in [0.1, 0.15) is 48.9 Å². The van der Waals surface area contributed by atoms with Crippen LogP contribution in [-0.4, -0.2) is 55.7 Å². The summed E-state index contributed by atoms with van der Waals surface area (Å²) in [5.74, 6) is 0.257. The van der Waals surface area contributed by atoms with Crippen molar-refractivity contribution in [2.45, 2.75) is 49.8 Å². The summed E-state index contributed by atoms with van der Waals surface area (Å²) in [7, 11) is -1.89. The molecule has 0 radical (unpaired) electrons. The first kappa shape index (κ1) is 18.1. The Balaban J connectivity index is 1.66. The number of pyridine rings is 1. The number of nitrogens with one attached hydrogen (secondary N) is 1. The molecule has 1 N–H and O–H groups in total. The summed E-state index contributed by atoms with van der Waals surface area (Å²) >= 11 is 0. The number of likely N-dealkylation sites (tertiary alicyclic amines) is 1. The van der Waals surface area contributed by atoms with Gasteiger partial charge in [-0.1, -0.05) is 12.8 Å². The summed E-state index contributed by atoms with van der Waals surface area (Å²) in [6, 6.07) is 3.35. The van der Waals surface area contributed by atoms with Crippen LogP contribution >= 0.6 is 0 Å². The van der Waals surface area contributed by atoms with Gasteiger partial charge in [0.25, 0.3) is 5.91 Å². The molecule has 1 saturated carbocycles. The Morgan fingerprint density at radius 3 is 2.64 bits per heavy atom. The fourth-order valence-corrected chi connectivity index (χ4v) is 5.30. The lowest BCUT2D eigenvalue weighted by Crippen LogP contribution is -2.49. The van der Waals surface area contributed by atoms with Gasteiger partial charge >= 0.3 is 0 Å². The molecular formula is C17H25N3O4S. The van der Waals surface area contributed by atoms with E-state index >= 15 is 0 Å². The molecule has 2 aliphatic rings. The van der Waals surface area contributed by atoms with Gasteiger partial charge in [-0.15, -0.1) is 0 Å².